The molecule has 0 spiro atoms. The van der Waals surface area contributed by atoms with Crippen molar-refractivity contribution in [3.05, 3.63) is 23.8 Å². The highest BCUT2D eigenvalue weighted by Gasteiger charge is 2.40. The Kier molecular flexibility index (Phi) is 4.42. The average molecular weight is 289 g/mol. The smallest absolute Gasteiger partial charge is 0.407 e. The summed E-state index contributed by atoms with van der Waals surface area (Å²) >= 11 is 0. The largest absolute Gasteiger partial charge is 0.489 e. The second kappa shape index (κ2) is 5.91. The van der Waals surface area contributed by atoms with Crippen molar-refractivity contribution in [2.45, 2.75) is 26.1 Å². The van der Waals surface area contributed by atoms with E-state index in [1.165, 1.54) is 12.1 Å². The van der Waals surface area contributed by atoms with E-state index in [0.29, 0.717) is 24.7 Å². The van der Waals surface area contributed by atoms with Gasteiger partial charge in [0.25, 0.3) is 0 Å². The minimum absolute atomic E-state index is 0.135. The van der Waals surface area contributed by atoms with Gasteiger partial charge in [0.05, 0.1) is 13.2 Å². The fourth-order valence-corrected chi connectivity index (χ4v) is 2.08. The van der Waals surface area contributed by atoms with Gasteiger partial charge in [0.1, 0.15) is 6.04 Å². The fourth-order valence-electron chi connectivity index (χ4n) is 2.08. The van der Waals surface area contributed by atoms with Crippen molar-refractivity contribution in [3.8, 4) is 11.5 Å². The number of benzene rings is 1. The van der Waals surface area contributed by atoms with Crippen LogP contribution in [0.1, 0.15) is 25.5 Å². The van der Waals surface area contributed by atoms with E-state index in [9.17, 15) is 13.2 Å². The number of alkyl halides is 3. The Balaban J connectivity index is 2.29. The quantitative estimate of drug-likeness (QED) is 0.926. The molecule has 3 nitrogen and oxygen atoms in total. The van der Waals surface area contributed by atoms with E-state index in [-0.39, 0.29) is 18.0 Å². The Morgan fingerprint density at radius 1 is 1.25 bits per heavy atom. The molecular weight excluding hydrogens is 271 g/mol. The van der Waals surface area contributed by atoms with Crippen LogP contribution in [0.25, 0.3) is 0 Å². The Hall–Kier alpha value is -1.43. The summed E-state index contributed by atoms with van der Waals surface area (Å²) in [5, 5.41) is 2.45. The summed E-state index contributed by atoms with van der Waals surface area (Å²) in [6, 6.07) is 2.69. The molecule has 6 heteroatoms. The topological polar surface area (TPSA) is 30.5 Å². The molecule has 1 aromatic carbocycles. The molecule has 112 valence electrons. The molecule has 0 aromatic heterocycles. The number of hydrogen-bond donors (Lipinski definition) is 1. The number of halogens is 3. The van der Waals surface area contributed by atoms with Crippen LogP contribution < -0.4 is 14.8 Å². The van der Waals surface area contributed by atoms with Crippen LogP contribution in [0, 0.1) is 5.92 Å². The molecule has 1 aliphatic rings. The number of rotatable bonds is 3. The molecule has 2 atom stereocenters. The summed E-state index contributed by atoms with van der Waals surface area (Å²) < 4.78 is 50.1. The zero-order valence-electron chi connectivity index (χ0n) is 11.5. The SMILES string of the molecule is CCNC(c1ccc2c(c1)OCC(C)CO2)C(F)(F)F. The molecule has 20 heavy (non-hydrogen) atoms. The first-order valence-corrected chi connectivity index (χ1v) is 6.61. The lowest BCUT2D eigenvalue weighted by Gasteiger charge is -2.22. The Bertz CT molecular complexity index is 462. The third-order valence-corrected chi connectivity index (χ3v) is 3.08. The average Bonchev–Trinajstić information content (AvgIpc) is 2.57. The van der Waals surface area contributed by atoms with E-state index in [2.05, 4.69) is 5.32 Å². The van der Waals surface area contributed by atoms with Crippen LogP contribution in [0.5, 0.6) is 11.5 Å². The predicted molar refractivity (Wildman–Crippen MR) is 69.1 cm³/mol. The van der Waals surface area contributed by atoms with Crippen molar-refractivity contribution < 1.29 is 22.6 Å². The minimum atomic E-state index is -4.34. The number of hydrogen-bond acceptors (Lipinski definition) is 3. The van der Waals surface area contributed by atoms with E-state index in [0.717, 1.165) is 0 Å². The van der Waals surface area contributed by atoms with E-state index in [4.69, 9.17) is 9.47 Å². The lowest BCUT2D eigenvalue weighted by molar-refractivity contribution is -0.157. The van der Waals surface area contributed by atoms with E-state index < -0.39 is 12.2 Å². The lowest BCUT2D eigenvalue weighted by Crippen LogP contribution is -2.34. The van der Waals surface area contributed by atoms with Gasteiger partial charge in [-0.25, -0.2) is 0 Å². The number of nitrogens with one attached hydrogen (secondary N) is 1. The summed E-state index contributed by atoms with van der Waals surface area (Å²) in [6.45, 7) is 4.78. The van der Waals surface area contributed by atoms with Crippen molar-refractivity contribution in [1.29, 1.82) is 0 Å². The second-order valence-electron chi connectivity index (χ2n) is 4.97. The van der Waals surface area contributed by atoms with Gasteiger partial charge in [0.15, 0.2) is 11.5 Å². The molecule has 1 aromatic rings. The maximum absolute atomic E-state index is 13.0. The third-order valence-electron chi connectivity index (χ3n) is 3.08. The van der Waals surface area contributed by atoms with E-state index in [1.54, 1.807) is 13.0 Å². The molecule has 1 heterocycles. The Morgan fingerprint density at radius 2 is 1.90 bits per heavy atom. The van der Waals surface area contributed by atoms with Gasteiger partial charge in [0.2, 0.25) is 0 Å². The minimum Gasteiger partial charge on any atom is -0.489 e. The maximum Gasteiger partial charge on any atom is 0.407 e. The van der Waals surface area contributed by atoms with Crippen LogP contribution in [0.2, 0.25) is 0 Å². The van der Waals surface area contributed by atoms with E-state index >= 15 is 0 Å². The van der Waals surface area contributed by atoms with Crippen LogP contribution in [0.3, 0.4) is 0 Å². The van der Waals surface area contributed by atoms with Gasteiger partial charge in [-0.15, -0.1) is 0 Å². The second-order valence-corrected chi connectivity index (χ2v) is 4.97. The van der Waals surface area contributed by atoms with Crippen molar-refractivity contribution in [1.82, 2.24) is 5.32 Å². The molecule has 2 unspecified atom stereocenters. The van der Waals surface area contributed by atoms with Crippen molar-refractivity contribution in [2.75, 3.05) is 19.8 Å². The predicted octanol–water partition coefficient (Wildman–Crippen LogP) is 3.31. The Morgan fingerprint density at radius 3 is 2.50 bits per heavy atom. The first-order valence-electron chi connectivity index (χ1n) is 6.61. The molecular formula is C14H18F3NO2. The summed E-state index contributed by atoms with van der Waals surface area (Å²) in [5.41, 5.74) is 0.135. The maximum atomic E-state index is 13.0. The lowest BCUT2D eigenvalue weighted by atomic mass is 10.1. The summed E-state index contributed by atoms with van der Waals surface area (Å²) in [4.78, 5) is 0. The number of ether oxygens (including phenoxy) is 2. The zero-order valence-corrected chi connectivity index (χ0v) is 11.5. The van der Waals surface area contributed by atoms with Crippen LogP contribution in [-0.4, -0.2) is 25.9 Å². The molecule has 0 saturated heterocycles. The van der Waals surface area contributed by atoms with Gasteiger partial charge < -0.3 is 14.8 Å². The molecule has 1 aliphatic heterocycles. The molecule has 2 rings (SSSR count). The van der Waals surface area contributed by atoms with Crippen LogP contribution in [-0.2, 0) is 0 Å². The highest BCUT2D eigenvalue weighted by Crippen LogP contribution is 2.38. The fraction of sp³-hybridized carbons (Fsp3) is 0.571. The third kappa shape index (κ3) is 3.36. The standard InChI is InChI=1S/C14H18F3NO2/c1-3-18-13(14(15,16)17)10-4-5-11-12(6-10)20-8-9(2)7-19-11/h4-6,9,13,18H,3,7-8H2,1-2H3. The van der Waals surface area contributed by atoms with Gasteiger partial charge in [-0.1, -0.05) is 19.9 Å². The molecule has 0 fully saturated rings. The first kappa shape index (κ1) is 15.0. The molecule has 0 saturated carbocycles. The van der Waals surface area contributed by atoms with Crippen molar-refractivity contribution >= 4 is 0 Å². The van der Waals surface area contributed by atoms with Crippen LogP contribution in [0.4, 0.5) is 13.2 Å². The van der Waals surface area contributed by atoms with Gasteiger partial charge in [-0.05, 0) is 24.2 Å². The van der Waals surface area contributed by atoms with Gasteiger partial charge >= 0.3 is 6.18 Å². The normalized spacial score (nSPS) is 20.4. The van der Waals surface area contributed by atoms with Crippen LogP contribution in [0.15, 0.2) is 18.2 Å². The molecule has 0 amide bonds. The zero-order chi connectivity index (χ0) is 14.8. The molecule has 0 bridgehead atoms. The van der Waals surface area contributed by atoms with Gasteiger partial charge in [-0.2, -0.15) is 13.2 Å². The van der Waals surface area contributed by atoms with Crippen molar-refractivity contribution in [2.24, 2.45) is 5.92 Å². The summed E-state index contributed by atoms with van der Waals surface area (Å²) in [7, 11) is 0. The van der Waals surface area contributed by atoms with Gasteiger partial charge in [-0.3, -0.25) is 0 Å². The first-order chi connectivity index (χ1) is 9.41. The molecule has 0 radical (unpaired) electrons. The summed E-state index contributed by atoms with van der Waals surface area (Å²) in [6.07, 6.45) is -4.34. The Labute approximate surface area is 116 Å². The molecule has 1 N–H and O–H groups in total. The highest BCUT2D eigenvalue weighted by molar-refractivity contribution is 5.44. The summed E-state index contributed by atoms with van der Waals surface area (Å²) in [5.74, 6) is 1.08. The van der Waals surface area contributed by atoms with Crippen molar-refractivity contribution in [3.63, 3.8) is 0 Å². The van der Waals surface area contributed by atoms with Crippen LogP contribution >= 0.6 is 0 Å². The number of fused-ring (bicyclic) bond motifs is 1. The van der Waals surface area contributed by atoms with Gasteiger partial charge in [0, 0.05) is 5.92 Å². The molecule has 0 aliphatic carbocycles. The van der Waals surface area contributed by atoms with E-state index in [1.807, 2.05) is 6.92 Å². The highest BCUT2D eigenvalue weighted by atomic mass is 19.4. The monoisotopic (exact) mass is 289 g/mol.